The highest BCUT2D eigenvalue weighted by Crippen LogP contribution is 2.74. The van der Waals surface area contributed by atoms with Crippen LogP contribution in [0.25, 0.3) is 0 Å². The summed E-state index contributed by atoms with van der Waals surface area (Å²) in [6, 6.07) is 0. The van der Waals surface area contributed by atoms with Gasteiger partial charge < -0.3 is 24.1 Å². The van der Waals surface area contributed by atoms with Gasteiger partial charge in [0, 0.05) is 33.2 Å². The largest absolute Gasteiger partial charge is 0.393 e. The first kappa shape index (κ1) is 29.0. The number of ether oxygens (including phenoxy) is 4. The molecule has 0 aromatic rings. The quantitative estimate of drug-likeness (QED) is 0.406. The van der Waals surface area contributed by atoms with Crippen LogP contribution in [-0.4, -0.2) is 62.1 Å². The summed E-state index contributed by atoms with van der Waals surface area (Å²) in [6.45, 7) is 18.8. The molecule has 0 radical (unpaired) electrons. The van der Waals surface area contributed by atoms with Crippen LogP contribution >= 0.6 is 0 Å². The molecule has 1 saturated heterocycles. The summed E-state index contributed by atoms with van der Waals surface area (Å²) in [4.78, 5) is 0. The highest BCUT2D eigenvalue weighted by Gasteiger charge is 2.71. The van der Waals surface area contributed by atoms with Gasteiger partial charge in [-0.2, -0.15) is 0 Å². The molecule has 5 aliphatic rings. The highest BCUT2D eigenvalue weighted by atomic mass is 16.6. The fourth-order valence-corrected chi connectivity index (χ4v) is 11.3. The van der Waals surface area contributed by atoms with Crippen molar-refractivity contribution in [2.45, 2.75) is 136 Å². The van der Waals surface area contributed by atoms with E-state index in [-0.39, 0.29) is 69.1 Å². The van der Waals surface area contributed by atoms with Crippen LogP contribution < -0.4 is 0 Å². The molecule has 8 unspecified atom stereocenters. The average Bonchev–Trinajstić information content (AvgIpc) is 3.35. The second-order valence-corrected chi connectivity index (χ2v) is 15.8. The van der Waals surface area contributed by atoms with Crippen molar-refractivity contribution < 1.29 is 24.1 Å². The Kier molecular flexibility index (Phi) is 6.89. The second kappa shape index (κ2) is 9.02. The third kappa shape index (κ3) is 3.67. The Labute approximate surface area is 232 Å². The normalized spacial score (nSPS) is 52.2. The fourth-order valence-electron chi connectivity index (χ4n) is 11.3. The number of aliphatic hydroxyl groups is 1. The zero-order valence-electron chi connectivity index (χ0n) is 26.1. The molecule has 5 nitrogen and oxygen atoms in total. The van der Waals surface area contributed by atoms with Crippen molar-refractivity contribution in [2.24, 2.45) is 39.4 Å². The van der Waals surface area contributed by atoms with Gasteiger partial charge in [-0.15, -0.1) is 0 Å². The van der Waals surface area contributed by atoms with Gasteiger partial charge in [0.25, 0.3) is 0 Å². The lowest BCUT2D eigenvalue weighted by Crippen LogP contribution is -2.62. The zero-order valence-corrected chi connectivity index (χ0v) is 26.1. The molecule has 218 valence electrons. The van der Waals surface area contributed by atoms with Crippen LogP contribution in [0.4, 0.5) is 0 Å². The first-order valence-corrected chi connectivity index (χ1v) is 15.2. The summed E-state index contributed by atoms with van der Waals surface area (Å²) in [5.74, 6) is 0.836. The molecule has 0 bridgehead atoms. The first-order valence-electron chi connectivity index (χ1n) is 15.2. The molecule has 4 aliphatic carbocycles. The number of aliphatic hydroxyl groups excluding tert-OH is 1. The summed E-state index contributed by atoms with van der Waals surface area (Å²) in [5, 5.41) is 11.9. The summed E-state index contributed by atoms with van der Waals surface area (Å²) in [7, 11) is 5.53. The van der Waals surface area contributed by atoms with E-state index >= 15 is 0 Å². The summed E-state index contributed by atoms with van der Waals surface area (Å²) < 4.78 is 25.2. The molecule has 1 N–H and O–H groups in total. The maximum absolute atomic E-state index is 11.9. The molecule has 5 rings (SSSR count). The van der Waals surface area contributed by atoms with Crippen LogP contribution in [0.2, 0.25) is 0 Å². The Morgan fingerprint density at radius 3 is 2.21 bits per heavy atom. The smallest absolute Gasteiger partial charge is 0.0883 e. The van der Waals surface area contributed by atoms with Gasteiger partial charge in [0.05, 0.1) is 35.6 Å². The molecule has 11 atom stereocenters. The minimum Gasteiger partial charge on any atom is -0.393 e. The Morgan fingerprint density at radius 1 is 0.921 bits per heavy atom. The Morgan fingerprint density at radius 2 is 1.61 bits per heavy atom. The van der Waals surface area contributed by atoms with Crippen molar-refractivity contribution in [1.82, 2.24) is 0 Å². The van der Waals surface area contributed by atoms with E-state index in [1.54, 1.807) is 12.7 Å². The lowest BCUT2D eigenvalue weighted by molar-refractivity contribution is -0.190. The summed E-state index contributed by atoms with van der Waals surface area (Å²) in [5.41, 5.74) is 1.00. The second-order valence-electron chi connectivity index (χ2n) is 15.8. The molecule has 0 spiro atoms. The van der Waals surface area contributed by atoms with Gasteiger partial charge in [-0.25, -0.2) is 0 Å². The van der Waals surface area contributed by atoms with E-state index in [1.165, 1.54) is 0 Å². The molecular weight excluding hydrogens is 476 g/mol. The van der Waals surface area contributed by atoms with Crippen molar-refractivity contribution in [3.05, 3.63) is 11.6 Å². The lowest BCUT2D eigenvalue weighted by Gasteiger charge is -2.65. The minimum absolute atomic E-state index is 0.00674. The average molecular weight is 533 g/mol. The van der Waals surface area contributed by atoms with Gasteiger partial charge in [-0.1, -0.05) is 46.3 Å². The number of allylic oxidation sites excluding steroid dienone is 2. The lowest BCUT2D eigenvalue weighted by atomic mass is 9.40. The predicted molar refractivity (Wildman–Crippen MR) is 151 cm³/mol. The molecule has 3 saturated carbocycles. The number of rotatable bonds is 5. The van der Waals surface area contributed by atoms with Crippen LogP contribution in [0.3, 0.4) is 0 Å². The maximum Gasteiger partial charge on any atom is 0.0883 e. The molecule has 1 aliphatic heterocycles. The van der Waals surface area contributed by atoms with Crippen LogP contribution in [0, 0.1) is 39.4 Å². The Hall–Kier alpha value is -0.460. The maximum atomic E-state index is 11.9. The number of methoxy groups -OCH3 is 3. The number of hydrogen-bond donors (Lipinski definition) is 1. The number of fused-ring (bicyclic) bond motifs is 5. The van der Waals surface area contributed by atoms with Gasteiger partial charge >= 0.3 is 0 Å². The standard InChI is InChI=1S/C33H56O5/c1-28(2)24(36-10)13-15-30(5)20-12-16-31(6)27(33(8)17-14-25(38-33)29(3,4)37-11)23(35-9)19-32(31,7)21(20)18-22(34)26(28)30/h12,21-27,34H,13-19H2,1-11H3/t21?,22?,23?,24?,25?,26-,27?,30?,31?,32-,33+/m0/s1. The van der Waals surface area contributed by atoms with E-state index in [0.717, 1.165) is 44.9 Å². The van der Waals surface area contributed by atoms with Crippen molar-refractivity contribution >= 4 is 0 Å². The van der Waals surface area contributed by atoms with E-state index in [0.29, 0.717) is 5.92 Å². The van der Waals surface area contributed by atoms with Crippen LogP contribution in [-0.2, 0) is 18.9 Å². The van der Waals surface area contributed by atoms with Gasteiger partial charge in [-0.3, -0.25) is 0 Å². The van der Waals surface area contributed by atoms with E-state index < -0.39 is 0 Å². The molecule has 38 heavy (non-hydrogen) atoms. The fraction of sp³-hybridized carbons (Fsp3) is 0.939. The summed E-state index contributed by atoms with van der Waals surface area (Å²) in [6.07, 6.45) is 9.74. The Bertz CT molecular complexity index is 957. The summed E-state index contributed by atoms with van der Waals surface area (Å²) >= 11 is 0. The number of hydrogen-bond acceptors (Lipinski definition) is 5. The van der Waals surface area contributed by atoms with E-state index in [2.05, 4.69) is 61.5 Å². The monoisotopic (exact) mass is 532 g/mol. The molecule has 4 fully saturated rings. The molecular formula is C33H56O5. The SMILES string of the molecule is COC1C[C@@]2(C)C3CC(O)[C@@H]4C(C)(CCC(OC)C4(C)C)C3=CCC2(C)C1[C@@]1(C)CCC(C(C)(C)OC)O1. The van der Waals surface area contributed by atoms with Crippen LogP contribution in [0.5, 0.6) is 0 Å². The van der Waals surface area contributed by atoms with Gasteiger partial charge in [0.15, 0.2) is 0 Å². The minimum atomic E-state index is -0.334. The van der Waals surface area contributed by atoms with E-state index in [1.807, 2.05) is 14.2 Å². The molecule has 0 amide bonds. The predicted octanol–water partition coefficient (Wildman–Crippen LogP) is 6.57. The van der Waals surface area contributed by atoms with Gasteiger partial charge in [0.2, 0.25) is 0 Å². The van der Waals surface area contributed by atoms with Gasteiger partial charge in [0.1, 0.15) is 0 Å². The van der Waals surface area contributed by atoms with Gasteiger partial charge in [-0.05, 0) is 93.3 Å². The van der Waals surface area contributed by atoms with E-state index in [9.17, 15) is 5.11 Å². The Balaban J connectivity index is 1.55. The zero-order chi connectivity index (χ0) is 28.1. The topological polar surface area (TPSA) is 57.2 Å². The molecule has 0 aromatic heterocycles. The highest BCUT2D eigenvalue weighted by molar-refractivity contribution is 5.35. The van der Waals surface area contributed by atoms with E-state index in [4.69, 9.17) is 18.9 Å². The van der Waals surface area contributed by atoms with Crippen LogP contribution in [0.15, 0.2) is 11.6 Å². The van der Waals surface area contributed by atoms with Crippen molar-refractivity contribution in [2.75, 3.05) is 21.3 Å². The third-order valence-electron chi connectivity index (χ3n) is 13.5. The van der Waals surface area contributed by atoms with Crippen molar-refractivity contribution in [3.8, 4) is 0 Å². The molecule has 5 heteroatoms. The van der Waals surface area contributed by atoms with Crippen molar-refractivity contribution in [1.29, 1.82) is 0 Å². The molecule has 0 aromatic carbocycles. The van der Waals surface area contributed by atoms with Crippen LogP contribution in [0.1, 0.15) is 100 Å². The first-order chi connectivity index (χ1) is 17.6. The van der Waals surface area contributed by atoms with Crippen molar-refractivity contribution in [3.63, 3.8) is 0 Å². The molecule has 1 heterocycles. The third-order valence-corrected chi connectivity index (χ3v) is 13.5.